The number of hydrogen-bond acceptors (Lipinski definition) is 3. The van der Waals surface area contributed by atoms with Crippen LogP contribution in [-0.4, -0.2) is 16.7 Å². The van der Waals surface area contributed by atoms with Gasteiger partial charge >= 0.3 is 0 Å². The van der Waals surface area contributed by atoms with Crippen molar-refractivity contribution in [2.24, 2.45) is 5.73 Å². The number of rotatable bonds is 2. The Bertz CT molecular complexity index is 520. The van der Waals surface area contributed by atoms with E-state index in [2.05, 4.69) is 23.2 Å². The Morgan fingerprint density at radius 1 is 1.41 bits per heavy atom. The highest BCUT2D eigenvalue weighted by molar-refractivity contribution is 7.19. The molecule has 0 radical (unpaired) electrons. The van der Waals surface area contributed by atoms with Crippen LogP contribution in [0.15, 0.2) is 6.07 Å². The molecule has 0 saturated heterocycles. The van der Waals surface area contributed by atoms with Gasteiger partial charge in [0, 0.05) is 16.8 Å². The van der Waals surface area contributed by atoms with Crippen molar-refractivity contribution in [1.82, 2.24) is 10.2 Å². The standard InChI is InChI=1S/C13H19N3S/c1-9-7-10-11(17-9)12(16-15-10)13(8-14)5-3-2-4-6-13/h7H,2-6,8,14H2,1H3,(H,15,16). The predicted octanol–water partition coefficient (Wildman–Crippen LogP) is 3.09. The zero-order valence-corrected chi connectivity index (χ0v) is 11.1. The molecule has 3 rings (SSSR count). The molecule has 2 heterocycles. The van der Waals surface area contributed by atoms with Gasteiger partial charge in [-0.2, -0.15) is 5.10 Å². The second kappa shape index (κ2) is 4.10. The van der Waals surface area contributed by atoms with E-state index in [0.29, 0.717) is 0 Å². The maximum Gasteiger partial charge on any atom is 0.103 e. The summed E-state index contributed by atoms with van der Waals surface area (Å²) in [5.41, 5.74) is 8.65. The third-order valence-electron chi connectivity index (χ3n) is 4.08. The molecular weight excluding hydrogens is 230 g/mol. The molecule has 1 fully saturated rings. The number of nitrogens with zero attached hydrogens (tertiary/aromatic N) is 1. The average Bonchev–Trinajstić information content (AvgIpc) is 2.88. The van der Waals surface area contributed by atoms with Gasteiger partial charge < -0.3 is 5.73 Å². The molecule has 0 amide bonds. The van der Waals surface area contributed by atoms with Gasteiger partial charge in [-0.15, -0.1) is 11.3 Å². The molecule has 1 aliphatic carbocycles. The second-order valence-corrected chi connectivity index (χ2v) is 6.47. The molecular formula is C13H19N3S. The number of fused-ring (bicyclic) bond motifs is 1. The van der Waals surface area contributed by atoms with Gasteiger partial charge in [-0.05, 0) is 25.8 Å². The molecule has 92 valence electrons. The number of nitrogens with two attached hydrogens (primary N) is 1. The minimum Gasteiger partial charge on any atom is -0.330 e. The molecule has 2 aromatic rings. The summed E-state index contributed by atoms with van der Waals surface area (Å²) in [6.45, 7) is 2.88. The first-order valence-electron chi connectivity index (χ1n) is 6.40. The van der Waals surface area contributed by atoms with Crippen molar-refractivity contribution in [3.63, 3.8) is 0 Å². The van der Waals surface area contributed by atoms with Gasteiger partial charge in [-0.3, -0.25) is 5.10 Å². The summed E-state index contributed by atoms with van der Waals surface area (Å²) in [7, 11) is 0. The molecule has 0 spiro atoms. The molecule has 1 saturated carbocycles. The van der Waals surface area contributed by atoms with Crippen LogP contribution in [0, 0.1) is 6.92 Å². The van der Waals surface area contributed by atoms with Crippen molar-refractivity contribution in [1.29, 1.82) is 0 Å². The van der Waals surface area contributed by atoms with E-state index in [0.717, 1.165) is 12.1 Å². The van der Waals surface area contributed by atoms with E-state index in [1.165, 1.54) is 47.4 Å². The molecule has 1 aliphatic rings. The molecule has 3 N–H and O–H groups in total. The third-order valence-corrected chi connectivity index (χ3v) is 5.14. The first kappa shape index (κ1) is 11.2. The fourth-order valence-corrected chi connectivity index (χ4v) is 4.14. The van der Waals surface area contributed by atoms with E-state index in [9.17, 15) is 0 Å². The summed E-state index contributed by atoms with van der Waals surface area (Å²) in [6.07, 6.45) is 6.35. The van der Waals surface area contributed by atoms with Crippen molar-refractivity contribution < 1.29 is 0 Å². The van der Waals surface area contributed by atoms with E-state index in [1.54, 1.807) is 0 Å². The summed E-state index contributed by atoms with van der Waals surface area (Å²) < 4.78 is 1.33. The molecule has 2 aromatic heterocycles. The summed E-state index contributed by atoms with van der Waals surface area (Å²) in [5, 5.41) is 7.70. The maximum atomic E-state index is 6.08. The highest BCUT2D eigenvalue weighted by Crippen LogP contribution is 2.42. The smallest absolute Gasteiger partial charge is 0.103 e. The van der Waals surface area contributed by atoms with Gasteiger partial charge in [-0.1, -0.05) is 19.3 Å². The Morgan fingerprint density at radius 2 is 2.18 bits per heavy atom. The van der Waals surface area contributed by atoms with Crippen LogP contribution in [0.1, 0.15) is 42.7 Å². The highest BCUT2D eigenvalue weighted by Gasteiger charge is 2.36. The number of aromatic amines is 1. The fourth-order valence-electron chi connectivity index (χ4n) is 3.07. The van der Waals surface area contributed by atoms with Crippen LogP contribution in [0.2, 0.25) is 0 Å². The summed E-state index contributed by atoms with van der Waals surface area (Å²) >= 11 is 1.84. The topological polar surface area (TPSA) is 54.7 Å². The van der Waals surface area contributed by atoms with Crippen molar-refractivity contribution in [3.8, 4) is 0 Å². The lowest BCUT2D eigenvalue weighted by Gasteiger charge is -2.35. The van der Waals surface area contributed by atoms with Crippen molar-refractivity contribution in [2.45, 2.75) is 44.4 Å². The van der Waals surface area contributed by atoms with Crippen LogP contribution in [0.3, 0.4) is 0 Å². The Morgan fingerprint density at radius 3 is 2.88 bits per heavy atom. The molecule has 0 aromatic carbocycles. The quantitative estimate of drug-likeness (QED) is 0.859. The Hall–Kier alpha value is -0.870. The van der Waals surface area contributed by atoms with Crippen LogP contribution in [0.5, 0.6) is 0 Å². The minimum atomic E-state index is 0.157. The number of thiophene rings is 1. The highest BCUT2D eigenvalue weighted by atomic mass is 32.1. The van der Waals surface area contributed by atoms with Gasteiger partial charge in [0.1, 0.15) is 5.52 Å². The van der Waals surface area contributed by atoms with E-state index in [-0.39, 0.29) is 5.41 Å². The molecule has 0 bridgehead atoms. The zero-order chi connectivity index (χ0) is 11.9. The molecule has 0 unspecified atom stereocenters. The monoisotopic (exact) mass is 249 g/mol. The zero-order valence-electron chi connectivity index (χ0n) is 10.3. The molecule has 17 heavy (non-hydrogen) atoms. The molecule has 4 heteroatoms. The molecule has 3 nitrogen and oxygen atoms in total. The third kappa shape index (κ3) is 1.70. The van der Waals surface area contributed by atoms with E-state index >= 15 is 0 Å². The van der Waals surface area contributed by atoms with Gasteiger partial charge in [-0.25, -0.2) is 0 Å². The lowest BCUT2D eigenvalue weighted by Crippen LogP contribution is -2.37. The Balaban J connectivity index is 2.11. The number of H-pyrrole nitrogens is 1. The summed E-state index contributed by atoms with van der Waals surface area (Å²) in [5.74, 6) is 0. The Labute approximate surface area is 105 Å². The SMILES string of the molecule is Cc1cc2n[nH]c(C3(CN)CCCCC3)c2s1. The summed E-state index contributed by atoms with van der Waals surface area (Å²) in [4.78, 5) is 1.33. The fraction of sp³-hybridized carbons (Fsp3) is 0.615. The van der Waals surface area contributed by atoms with Gasteiger partial charge in [0.15, 0.2) is 0 Å². The lowest BCUT2D eigenvalue weighted by atomic mass is 9.72. The number of aryl methyl sites for hydroxylation is 1. The van der Waals surface area contributed by atoms with E-state index < -0.39 is 0 Å². The predicted molar refractivity (Wildman–Crippen MR) is 72.5 cm³/mol. The van der Waals surface area contributed by atoms with Gasteiger partial charge in [0.05, 0.1) is 10.4 Å². The second-order valence-electron chi connectivity index (χ2n) is 5.22. The van der Waals surface area contributed by atoms with Crippen LogP contribution in [0.25, 0.3) is 10.2 Å². The molecule has 0 atom stereocenters. The number of aromatic nitrogens is 2. The number of hydrogen-bond donors (Lipinski definition) is 2. The van der Waals surface area contributed by atoms with Crippen molar-refractivity contribution >= 4 is 21.6 Å². The average molecular weight is 249 g/mol. The van der Waals surface area contributed by atoms with Crippen LogP contribution < -0.4 is 5.73 Å². The maximum absolute atomic E-state index is 6.08. The normalized spacial score (nSPS) is 19.9. The molecule has 0 aliphatic heterocycles. The van der Waals surface area contributed by atoms with Crippen LogP contribution >= 0.6 is 11.3 Å². The van der Waals surface area contributed by atoms with E-state index in [1.807, 2.05) is 11.3 Å². The van der Waals surface area contributed by atoms with Gasteiger partial charge in [0.2, 0.25) is 0 Å². The lowest BCUT2D eigenvalue weighted by molar-refractivity contribution is 0.295. The largest absolute Gasteiger partial charge is 0.330 e. The Kier molecular flexibility index (Phi) is 2.71. The summed E-state index contributed by atoms with van der Waals surface area (Å²) in [6, 6.07) is 2.16. The first-order chi connectivity index (χ1) is 8.25. The van der Waals surface area contributed by atoms with E-state index in [4.69, 9.17) is 5.73 Å². The van der Waals surface area contributed by atoms with Crippen molar-refractivity contribution in [3.05, 3.63) is 16.6 Å². The van der Waals surface area contributed by atoms with Crippen molar-refractivity contribution in [2.75, 3.05) is 6.54 Å². The van der Waals surface area contributed by atoms with Crippen LogP contribution in [0.4, 0.5) is 0 Å². The van der Waals surface area contributed by atoms with Crippen LogP contribution in [-0.2, 0) is 5.41 Å². The number of nitrogens with one attached hydrogen (secondary N) is 1. The minimum absolute atomic E-state index is 0.157. The first-order valence-corrected chi connectivity index (χ1v) is 7.22. The van der Waals surface area contributed by atoms with Gasteiger partial charge in [0.25, 0.3) is 0 Å².